The van der Waals surface area contributed by atoms with Gasteiger partial charge >= 0.3 is 0 Å². The molecule has 0 bridgehead atoms. The van der Waals surface area contributed by atoms with E-state index in [2.05, 4.69) is 15.4 Å². The highest BCUT2D eigenvalue weighted by atomic mass is 16.2. The Morgan fingerprint density at radius 3 is 2.44 bits per heavy atom. The molecule has 0 unspecified atom stereocenters. The zero-order valence-electron chi connectivity index (χ0n) is 14.8. The molecule has 1 aliphatic heterocycles. The zero-order valence-corrected chi connectivity index (χ0v) is 14.8. The van der Waals surface area contributed by atoms with Gasteiger partial charge in [-0.2, -0.15) is 5.10 Å². The molecule has 1 saturated heterocycles. The molecule has 1 N–H and O–H groups in total. The highest BCUT2D eigenvalue weighted by Gasteiger charge is 2.22. The fourth-order valence-electron chi connectivity index (χ4n) is 3.11. The molecule has 3 heterocycles. The third-order valence-corrected chi connectivity index (χ3v) is 4.51. The van der Waals surface area contributed by atoms with Crippen LogP contribution in [0.4, 0.5) is 0 Å². The predicted molar refractivity (Wildman–Crippen MR) is 93.6 cm³/mol. The van der Waals surface area contributed by atoms with Gasteiger partial charge in [0.25, 0.3) is 5.91 Å². The maximum absolute atomic E-state index is 12.4. The van der Waals surface area contributed by atoms with Crippen LogP contribution in [0.5, 0.6) is 0 Å². The van der Waals surface area contributed by atoms with Crippen molar-refractivity contribution in [3.05, 3.63) is 41.3 Å². The number of aryl methyl sites for hydroxylation is 2. The third-order valence-electron chi connectivity index (χ3n) is 4.51. The van der Waals surface area contributed by atoms with Gasteiger partial charge in [-0.1, -0.05) is 0 Å². The number of carbonyl (C=O) groups excluding carboxylic acids is 2. The molecule has 0 aliphatic carbocycles. The normalized spacial score (nSPS) is 15.2. The second kappa shape index (κ2) is 7.04. The maximum Gasteiger partial charge on any atom is 0.253 e. The molecule has 0 spiro atoms. The number of carbonyl (C=O) groups is 2. The molecule has 0 aromatic carbocycles. The number of piperidine rings is 1. The van der Waals surface area contributed by atoms with Crippen LogP contribution in [-0.2, 0) is 4.79 Å². The molecule has 1 fully saturated rings. The van der Waals surface area contributed by atoms with E-state index in [-0.39, 0.29) is 17.9 Å². The lowest BCUT2D eigenvalue weighted by atomic mass is 10.0. The van der Waals surface area contributed by atoms with E-state index in [0.717, 1.165) is 24.2 Å². The van der Waals surface area contributed by atoms with Gasteiger partial charge in [-0.05, 0) is 44.9 Å². The Hall–Kier alpha value is -2.70. The van der Waals surface area contributed by atoms with Crippen molar-refractivity contribution in [3.63, 3.8) is 0 Å². The predicted octanol–water partition coefficient (Wildman–Crippen LogP) is 1.62. The number of amides is 2. The van der Waals surface area contributed by atoms with Gasteiger partial charge in [0, 0.05) is 37.9 Å². The maximum atomic E-state index is 12.4. The monoisotopic (exact) mass is 341 g/mol. The quantitative estimate of drug-likeness (QED) is 0.920. The van der Waals surface area contributed by atoms with Crippen LogP contribution in [0.2, 0.25) is 0 Å². The zero-order chi connectivity index (χ0) is 18.0. The lowest BCUT2D eigenvalue weighted by Crippen LogP contribution is -2.46. The molecule has 0 radical (unpaired) electrons. The molecule has 7 heteroatoms. The number of nitrogens with zero attached hydrogens (tertiary/aromatic N) is 4. The minimum atomic E-state index is -0.131. The second-order valence-electron chi connectivity index (χ2n) is 6.50. The van der Waals surface area contributed by atoms with Gasteiger partial charge in [-0.15, -0.1) is 0 Å². The van der Waals surface area contributed by atoms with Crippen LogP contribution in [0.25, 0.3) is 5.82 Å². The van der Waals surface area contributed by atoms with Gasteiger partial charge in [0.2, 0.25) is 5.91 Å². The summed E-state index contributed by atoms with van der Waals surface area (Å²) in [5.74, 6) is 0.652. The molecule has 25 heavy (non-hydrogen) atoms. The van der Waals surface area contributed by atoms with Crippen molar-refractivity contribution in [3.8, 4) is 5.82 Å². The number of hydrogen-bond acceptors (Lipinski definition) is 4. The summed E-state index contributed by atoms with van der Waals surface area (Å²) < 4.78 is 1.76. The van der Waals surface area contributed by atoms with Crippen molar-refractivity contribution in [2.75, 3.05) is 13.1 Å². The van der Waals surface area contributed by atoms with E-state index >= 15 is 0 Å². The standard InChI is InChI=1S/C18H23N5O2/c1-12-10-13(2)23(21-12)17-5-4-15(11-19-17)18(25)20-16-6-8-22(9-7-16)14(3)24/h4-5,10-11,16H,6-9H2,1-3H3,(H,20,25). The van der Waals surface area contributed by atoms with Crippen LogP contribution in [0, 0.1) is 13.8 Å². The smallest absolute Gasteiger partial charge is 0.253 e. The molecule has 7 nitrogen and oxygen atoms in total. The van der Waals surface area contributed by atoms with Gasteiger partial charge in [-0.25, -0.2) is 9.67 Å². The molecule has 0 saturated carbocycles. The van der Waals surface area contributed by atoms with E-state index in [0.29, 0.717) is 24.5 Å². The van der Waals surface area contributed by atoms with Gasteiger partial charge in [0.1, 0.15) is 0 Å². The molecule has 2 amide bonds. The van der Waals surface area contributed by atoms with Crippen LogP contribution in [0.15, 0.2) is 24.4 Å². The highest BCUT2D eigenvalue weighted by Crippen LogP contribution is 2.13. The molecule has 132 valence electrons. The Morgan fingerprint density at radius 1 is 1.20 bits per heavy atom. The first-order chi connectivity index (χ1) is 11.9. The Labute approximate surface area is 147 Å². The average Bonchev–Trinajstić information content (AvgIpc) is 2.94. The average molecular weight is 341 g/mol. The molecule has 0 atom stereocenters. The van der Waals surface area contributed by atoms with Crippen LogP contribution in [0.3, 0.4) is 0 Å². The molecular formula is C18H23N5O2. The minimum Gasteiger partial charge on any atom is -0.349 e. The van der Waals surface area contributed by atoms with Gasteiger partial charge in [0.15, 0.2) is 5.82 Å². The molecule has 2 aromatic heterocycles. The number of rotatable bonds is 3. The Kier molecular flexibility index (Phi) is 4.83. The Morgan fingerprint density at radius 2 is 1.92 bits per heavy atom. The van der Waals surface area contributed by atoms with Crippen molar-refractivity contribution in [2.24, 2.45) is 0 Å². The summed E-state index contributed by atoms with van der Waals surface area (Å²) in [6, 6.07) is 5.64. The van der Waals surface area contributed by atoms with Crippen LogP contribution in [-0.4, -0.2) is 50.6 Å². The number of likely N-dealkylation sites (tertiary alicyclic amines) is 1. The van der Waals surface area contributed by atoms with Crippen molar-refractivity contribution >= 4 is 11.8 Å². The van der Waals surface area contributed by atoms with Crippen LogP contribution >= 0.6 is 0 Å². The number of hydrogen-bond donors (Lipinski definition) is 1. The second-order valence-corrected chi connectivity index (χ2v) is 6.50. The van der Waals surface area contributed by atoms with Crippen molar-refractivity contribution in [2.45, 2.75) is 39.7 Å². The third kappa shape index (κ3) is 3.87. The van der Waals surface area contributed by atoms with Crippen LogP contribution in [0.1, 0.15) is 41.5 Å². The van der Waals surface area contributed by atoms with E-state index < -0.39 is 0 Å². The topological polar surface area (TPSA) is 80.1 Å². The largest absolute Gasteiger partial charge is 0.349 e. The summed E-state index contributed by atoms with van der Waals surface area (Å²) >= 11 is 0. The lowest BCUT2D eigenvalue weighted by Gasteiger charge is -2.31. The van der Waals surface area contributed by atoms with Crippen molar-refractivity contribution in [1.29, 1.82) is 0 Å². The summed E-state index contributed by atoms with van der Waals surface area (Å²) in [5, 5.41) is 7.42. The first-order valence-electron chi connectivity index (χ1n) is 8.50. The highest BCUT2D eigenvalue weighted by molar-refractivity contribution is 5.94. The van der Waals surface area contributed by atoms with Gasteiger partial charge in [0.05, 0.1) is 11.3 Å². The number of pyridine rings is 1. The molecule has 1 aliphatic rings. The minimum absolute atomic E-state index is 0.0914. The number of aromatic nitrogens is 3. The van der Waals surface area contributed by atoms with E-state index in [1.54, 1.807) is 29.9 Å². The van der Waals surface area contributed by atoms with Crippen LogP contribution < -0.4 is 5.32 Å². The summed E-state index contributed by atoms with van der Waals surface area (Å²) in [4.78, 5) is 29.9. The SMILES string of the molecule is CC(=O)N1CCC(NC(=O)c2ccc(-n3nc(C)cc3C)nc2)CC1. The fourth-order valence-corrected chi connectivity index (χ4v) is 3.11. The van der Waals surface area contributed by atoms with Crippen molar-refractivity contribution in [1.82, 2.24) is 25.0 Å². The first kappa shape index (κ1) is 17.1. The lowest BCUT2D eigenvalue weighted by molar-refractivity contribution is -0.129. The van der Waals surface area contributed by atoms with E-state index in [4.69, 9.17) is 0 Å². The van der Waals surface area contributed by atoms with Gasteiger partial charge in [-0.3, -0.25) is 9.59 Å². The van der Waals surface area contributed by atoms with E-state index in [9.17, 15) is 9.59 Å². The van der Waals surface area contributed by atoms with Gasteiger partial charge < -0.3 is 10.2 Å². The van der Waals surface area contributed by atoms with E-state index in [1.807, 2.05) is 24.8 Å². The number of nitrogens with one attached hydrogen (secondary N) is 1. The Balaban J connectivity index is 1.62. The molecule has 2 aromatic rings. The summed E-state index contributed by atoms with van der Waals surface area (Å²) in [7, 11) is 0. The van der Waals surface area contributed by atoms with Crippen molar-refractivity contribution < 1.29 is 9.59 Å². The summed E-state index contributed by atoms with van der Waals surface area (Å²) in [5.41, 5.74) is 2.46. The Bertz CT molecular complexity index is 773. The first-order valence-corrected chi connectivity index (χ1v) is 8.50. The summed E-state index contributed by atoms with van der Waals surface area (Å²) in [6.45, 7) is 6.86. The summed E-state index contributed by atoms with van der Waals surface area (Å²) in [6.07, 6.45) is 3.14. The molecular weight excluding hydrogens is 318 g/mol. The molecule has 3 rings (SSSR count). The van der Waals surface area contributed by atoms with E-state index in [1.165, 1.54) is 0 Å². The fraction of sp³-hybridized carbons (Fsp3) is 0.444.